The molecule has 0 spiro atoms. The summed E-state index contributed by atoms with van der Waals surface area (Å²) in [5, 5.41) is 12.6. The van der Waals surface area contributed by atoms with Crippen molar-refractivity contribution >= 4 is 5.91 Å². The van der Waals surface area contributed by atoms with Crippen LogP contribution in [0.1, 0.15) is 60.0 Å². The van der Waals surface area contributed by atoms with E-state index >= 15 is 0 Å². The molecule has 3 nitrogen and oxygen atoms in total. The minimum Gasteiger partial charge on any atom is -0.396 e. The Morgan fingerprint density at radius 1 is 1.10 bits per heavy atom. The lowest BCUT2D eigenvalue weighted by Gasteiger charge is -2.31. The number of benzene rings is 1. The molecule has 0 saturated heterocycles. The van der Waals surface area contributed by atoms with Gasteiger partial charge in [-0.25, -0.2) is 0 Å². The molecule has 0 bridgehead atoms. The van der Waals surface area contributed by atoms with Crippen molar-refractivity contribution in [1.82, 2.24) is 5.32 Å². The zero-order chi connectivity index (χ0) is 14.7. The van der Waals surface area contributed by atoms with Crippen molar-refractivity contribution in [2.45, 2.75) is 57.4 Å². The van der Waals surface area contributed by atoms with E-state index in [2.05, 4.69) is 17.4 Å². The zero-order valence-electron chi connectivity index (χ0n) is 12.6. The Labute approximate surface area is 126 Å². The molecule has 114 valence electrons. The Hall–Kier alpha value is -1.35. The van der Waals surface area contributed by atoms with Gasteiger partial charge in [0.1, 0.15) is 0 Å². The van der Waals surface area contributed by atoms with Crippen molar-refractivity contribution in [3.63, 3.8) is 0 Å². The summed E-state index contributed by atoms with van der Waals surface area (Å²) in [6.45, 7) is 0.176. The fourth-order valence-electron chi connectivity index (χ4n) is 3.74. The third kappa shape index (κ3) is 3.29. The lowest BCUT2D eigenvalue weighted by Crippen LogP contribution is -2.43. The molecule has 1 aromatic carbocycles. The van der Waals surface area contributed by atoms with Gasteiger partial charge in [-0.15, -0.1) is 0 Å². The van der Waals surface area contributed by atoms with E-state index < -0.39 is 0 Å². The molecule has 0 radical (unpaired) electrons. The summed E-state index contributed by atoms with van der Waals surface area (Å²) in [6.07, 6.45) is 9.05. The molecule has 2 aliphatic carbocycles. The summed E-state index contributed by atoms with van der Waals surface area (Å²) >= 11 is 0. The molecule has 21 heavy (non-hydrogen) atoms. The lowest BCUT2D eigenvalue weighted by atomic mass is 9.84. The van der Waals surface area contributed by atoms with E-state index in [0.29, 0.717) is 0 Å². The summed E-state index contributed by atoms with van der Waals surface area (Å²) < 4.78 is 0. The van der Waals surface area contributed by atoms with Crippen LogP contribution < -0.4 is 5.32 Å². The monoisotopic (exact) mass is 287 g/mol. The normalized spacial score (nSPS) is 25.2. The van der Waals surface area contributed by atoms with Gasteiger partial charge in [0.2, 0.25) is 0 Å². The molecular formula is C18H25NO2. The molecule has 1 fully saturated rings. The molecule has 0 aliphatic heterocycles. The third-order valence-electron chi connectivity index (χ3n) is 5.07. The lowest BCUT2D eigenvalue weighted by molar-refractivity contribution is 0.0872. The summed E-state index contributed by atoms with van der Waals surface area (Å²) in [5.74, 6) is 0.244. The van der Waals surface area contributed by atoms with Crippen LogP contribution in [0.4, 0.5) is 0 Å². The van der Waals surface area contributed by atoms with Crippen LogP contribution in [0.3, 0.4) is 0 Å². The minimum absolute atomic E-state index is 0.0220. The van der Waals surface area contributed by atoms with E-state index in [1.807, 2.05) is 6.07 Å². The number of carbonyl (C=O) groups excluding carboxylic acids is 1. The van der Waals surface area contributed by atoms with Crippen LogP contribution in [0.25, 0.3) is 0 Å². The van der Waals surface area contributed by atoms with E-state index in [-0.39, 0.29) is 24.5 Å². The van der Waals surface area contributed by atoms with Crippen LogP contribution in [0.15, 0.2) is 18.2 Å². The summed E-state index contributed by atoms with van der Waals surface area (Å²) in [4.78, 5) is 12.5. The van der Waals surface area contributed by atoms with E-state index in [1.54, 1.807) is 0 Å². The summed E-state index contributed by atoms with van der Waals surface area (Å²) in [5.41, 5.74) is 3.53. The first-order valence-corrected chi connectivity index (χ1v) is 8.31. The highest BCUT2D eigenvalue weighted by Gasteiger charge is 2.26. The zero-order valence-corrected chi connectivity index (χ0v) is 12.6. The van der Waals surface area contributed by atoms with Crippen molar-refractivity contribution < 1.29 is 9.90 Å². The molecule has 2 aliphatic rings. The topological polar surface area (TPSA) is 49.3 Å². The third-order valence-corrected chi connectivity index (χ3v) is 5.07. The number of carbonyl (C=O) groups is 1. The number of aliphatic hydroxyl groups excluding tert-OH is 1. The standard InChI is InChI=1S/C18H25NO2/c20-12-16-7-3-4-8-17(16)19-18(21)15-10-9-13-5-1-2-6-14(13)11-15/h9-11,16-17,20H,1-8,12H2,(H,19,21). The van der Waals surface area contributed by atoms with Crippen LogP contribution >= 0.6 is 0 Å². The summed E-state index contributed by atoms with van der Waals surface area (Å²) in [7, 11) is 0. The van der Waals surface area contributed by atoms with E-state index in [0.717, 1.165) is 44.1 Å². The van der Waals surface area contributed by atoms with Gasteiger partial charge in [-0.3, -0.25) is 4.79 Å². The van der Waals surface area contributed by atoms with Crippen LogP contribution in [-0.2, 0) is 12.8 Å². The van der Waals surface area contributed by atoms with Crippen molar-refractivity contribution in [3.05, 3.63) is 34.9 Å². The van der Waals surface area contributed by atoms with Crippen molar-refractivity contribution in [1.29, 1.82) is 0 Å². The number of hydrogen-bond donors (Lipinski definition) is 2. The molecular weight excluding hydrogens is 262 g/mol. The maximum Gasteiger partial charge on any atom is 0.251 e. The Kier molecular flexibility index (Phi) is 4.59. The molecule has 2 unspecified atom stereocenters. The Balaban J connectivity index is 1.70. The molecule has 2 atom stereocenters. The fourth-order valence-corrected chi connectivity index (χ4v) is 3.74. The molecule has 0 aromatic heterocycles. The van der Waals surface area contributed by atoms with Gasteiger partial charge in [0, 0.05) is 24.1 Å². The number of aliphatic hydroxyl groups is 1. The Bertz CT molecular complexity index is 512. The Morgan fingerprint density at radius 2 is 1.86 bits per heavy atom. The van der Waals surface area contributed by atoms with E-state index in [4.69, 9.17) is 0 Å². The van der Waals surface area contributed by atoms with Gasteiger partial charge >= 0.3 is 0 Å². The molecule has 3 heteroatoms. The first kappa shape index (κ1) is 14.6. The predicted octanol–water partition coefficient (Wildman–Crippen LogP) is 2.85. The number of nitrogens with one attached hydrogen (secondary N) is 1. The number of rotatable bonds is 3. The van der Waals surface area contributed by atoms with E-state index in [1.165, 1.54) is 24.0 Å². The molecule has 0 heterocycles. The smallest absolute Gasteiger partial charge is 0.251 e. The van der Waals surface area contributed by atoms with Crippen molar-refractivity contribution in [3.8, 4) is 0 Å². The van der Waals surface area contributed by atoms with Crippen molar-refractivity contribution in [2.75, 3.05) is 6.61 Å². The second-order valence-corrected chi connectivity index (χ2v) is 6.50. The molecule has 2 N–H and O–H groups in total. The average molecular weight is 287 g/mol. The molecule has 1 aromatic rings. The van der Waals surface area contributed by atoms with E-state index in [9.17, 15) is 9.90 Å². The highest BCUT2D eigenvalue weighted by molar-refractivity contribution is 5.94. The second-order valence-electron chi connectivity index (χ2n) is 6.50. The molecule has 1 saturated carbocycles. The summed E-state index contributed by atoms with van der Waals surface area (Å²) in [6, 6.07) is 6.28. The quantitative estimate of drug-likeness (QED) is 0.898. The number of fused-ring (bicyclic) bond motifs is 1. The van der Waals surface area contributed by atoms with Gasteiger partial charge in [-0.2, -0.15) is 0 Å². The molecule has 1 amide bonds. The van der Waals surface area contributed by atoms with Gasteiger partial charge in [0.05, 0.1) is 0 Å². The second kappa shape index (κ2) is 6.61. The number of amides is 1. The number of aryl methyl sites for hydroxylation is 2. The maximum absolute atomic E-state index is 12.5. The van der Waals surface area contributed by atoms with Crippen molar-refractivity contribution in [2.24, 2.45) is 5.92 Å². The van der Waals surface area contributed by atoms with Crippen LogP contribution in [0.2, 0.25) is 0 Å². The minimum atomic E-state index is 0.0220. The van der Waals surface area contributed by atoms with Crippen LogP contribution in [-0.4, -0.2) is 23.7 Å². The maximum atomic E-state index is 12.5. The van der Waals surface area contributed by atoms with Crippen LogP contribution in [0, 0.1) is 5.92 Å². The van der Waals surface area contributed by atoms with Crippen LogP contribution in [0.5, 0.6) is 0 Å². The predicted molar refractivity (Wildman–Crippen MR) is 83.4 cm³/mol. The van der Waals surface area contributed by atoms with Gasteiger partial charge in [0.25, 0.3) is 5.91 Å². The van der Waals surface area contributed by atoms with Gasteiger partial charge in [-0.05, 0) is 61.8 Å². The highest BCUT2D eigenvalue weighted by Crippen LogP contribution is 2.25. The van der Waals surface area contributed by atoms with Gasteiger partial charge in [-0.1, -0.05) is 18.9 Å². The van der Waals surface area contributed by atoms with Gasteiger partial charge in [0.15, 0.2) is 0 Å². The highest BCUT2D eigenvalue weighted by atomic mass is 16.3. The number of hydrogen-bond acceptors (Lipinski definition) is 2. The Morgan fingerprint density at radius 3 is 2.67 bits per heavy atom. The molecule has 3 rings (SSSR count). The first-order valence-electron chi connectivity index (χ1n) is 8.31. The average Bonchev–Trinajstić information content (AvgIpc) is 2.55. The first-order chi connectivity index (χ1) is 10.3. The van der Waals surface area contributed by atoms with Gasteiger partial charge < -0.3 is 10.4 Å². The SMILES string of the molecule is O=C(NC1CCCCC1CO)c1ccc2c(c1)CCCC2. The fraction of sp³-hybridized carbons (Fsp3) is 0.611. The largest absolute Gasteiger partial charge is 0.396 e.